The van der Waals surface area contributed by atoms with Gasteiger partial charge in [-0.25, -0.2) is 4.39 Å². The van der Waals surface area contributed by atoms with Crippen LogP contribution in [-0.2, 0) is 15.3 Å². The van der Waals surface area contributed by atoms with Gasteiger partial charge >= 0.3 is 0 Å². The summed E-state index contributed by atoms with van der Waals surface area (Å²) >= 11 is 0. The average molecular weight is 237 g/mol. The largest absolute Gasteiger partial charge is 0.343 e. The number of benzene rings is 1. The van der Waals surface area contributed by atoms with E-state index in [4.69, 9.17) is 9.47 Å². The molecule has 2 heterocycles. The van der Waals surface area contributed by atoms with Gasteiger partial charge in [0.1, 0.15) is 5.82 Å². The van der Waals surface area contributed by atoms with Crippen LogP contribution in [0.2, 0.25) is 0 Å². The Hall–Kier alpha value is -0.970. The predicted molar refractivity (Wildman–Crippen MR) is 61.0 cm³/mol. The van der Waals surface area contributed by atoms with E-state index >= 15 is 0 Å². The highest BCUT2D eigenvalue weighted by molar-refractivity contribution is 5.22. The van der Waals surface area contributed by atoms with E-state index in [9.17, 15) is 4.39 Å². The number of nitrogens with one attached hydrogen (secondary N) is 1. The van der Waals surface area contributed by atoms with Crippen molar-refractivity contribution in [1.29, 1.82) is 0 Å². The first kappa shape index (κ1) is 11.1. The smallest absolute Gasteiger partial charge is 0.195 e. The lowest BCUT2D eigenvalue weighted by Crippen LogP contribution is -2.46. The molecule has 2 aliphatic heterocycles. The van der Waals surface area contributed by atoms with E-state index in [0.29, 0.717) is 19.1 Å². The van der Waals surface area contributed by atoms with Crippen molar-refractivity contribution in [2.75, 3.05) is 26.3 Å². The van der Waals surface area contributed by atoms with Crippen molar-refractivity contribution in [3.05, 3.63) is 35.6 Å². The summed E-state index contributed by atoms with van der Waals surface area (Å²) in [5, 5.41) is 3.24. The van der Waals surface area contributed by atoms with Crippen LogP contribution in [0.5, 0.6) is 0 Å². The number of ether oxygens (including phenoxy) is 2. The van der Waals surface area contributed by atoms with Crippen molar-refractivity contribution in [2.24, 2.45) is 5.92 Å². The lowest BCUT2D eigenvalue weighted by atomic mass is 9.90. The summed E-state index contributed by atoms with van der Waals surface area (Å²) in [6, 6.07) is 6.43. The molecule has 3 nitrogen and oxygen atoms in total. The highest BCUT2D eigenvalue weighted by Crippen LogP contribution is 2.38. The van der Waals surface area contributed by atoms with Crippen LogP contribution in [0.25, 0.3) is 0 Å². The lowest BCUT2D eigenvalue weighted by molar-refractivity contribution is -0.181. The third-order valence-electron chi connectivity index (χ3n) is 3.46. The first-order valence-corrected chi connectivity index (χ1v) is 6.03. The van der Waals surface area contributed by atoms with Crippen LogP contribution >= 0.6 is 0 Å². The van der Waals surface area contributed by atoms with Crippen LogP contribution in [0.15, 0.2) is 24.3 Å². The van der Waals surface area contributed by atoms with Crippen LogP contribution < -0.4 is 5.32 Å². The molecule has 0 aromatic heterocycles. The van der Waals surface area contributed by atoms with Gasteiger partial charge in [-0.1, -0.05) is 12.1 Å². The van der Waals surface area contributed by atoms with Gasteiger partial charge in [0.15, 0.2) is 5.79 Å². The monoisotopic (exact) mass is 237 g/mol. The van der Waals surface area contributed by atoms with Gasteiger partial charge in [-0.05, 0) is 31.1 Å². The fourth-order valence-electron chi connectivity index (χ4n) is 2.43. The van der Waals surface area contributed by atoms with Crippen LogP contribution in [0.3, 0.4) is 0 Å². The SMILES string of the molecule is Fc1ccc(C2(CC3CNC3)OCCO2)cc1. The highest BCUT2D eigenvalue weighted by atomic mass is 19.1. The van der Waals surface area contributed by atoms with Gasteiger partial charge in [-0.15, -0.1) is 0 Å². The molecular weight excluding hydrogens is 221 g/mol. The topological polar surface area (TPSA) is 30.5 Å². The Morgan fingerprint density at radius 3 is 2.35 bits per heavy atom. The molecule has 0 atom stereocenters. The Balaban J connectivity index is 1.84. The maximum Gasteiger partial charge on any atom is 0.195 e. The van der Waals surface area contributed by atoms with Gasteiger partial charge < -0.3 is 14.8 Å². The van der Waals surface area contributed by atoms with Crippen molar-refractivity contribution in [3.63, 3.8) is 0 Å². The summed E-state index contributed by atoms with van der Waals surface area (Å²) in [6.45, 7) is 3.24. The molecule has 0 unspecified atom stereocenters. The van der Waals surface area contributed by atoms with Gasteiger partial charge in [-0.3, -0.25) is 0 Å². The first-order chi connectivity index (χ1) is 8.28. The van der Waals surface area contributed by atoms with E-state index in [-0.39, 0.29) is 5.82 Å². The molecule has 2 aliphatic rings. The minimum atomic E-state index is -0.652. The molecule has 1 aromatic rings. The second-order valence-corrected chi connectivity index (χ2v) is 4.69. The van der Waals surface area contributed by atoms with E-state index in [1.54, 1.807) is 12.1 Å². The molecule has 17 heavy (non-hydrogen) atoms. The fraction of sp³-hybridized carbons (Fsp3) is 0.538. The minimum Gasteiger partial charge on any atom is -0.343 e. The quantitative estimate of drug-likeness (QED) is 0.866. The van der Waals surface area contributed by atoms with Gasteiger partial charge in [0.05, 0.1) is 13.2 Å². The standard InChI is InChI=1S/C13H16FNO2/c14-12-3-1-11(2-4-12)13(16-5-6-17-13)7-10-8-15-9-10/h1-4,10,15H,5-9H2. The summed E-state index contributed by atoms with van der Waals surface area (Å²) in [5.74, 6) is -0.300. The zero-order valence-electron chi connectivity index (χ0n) is 9.62. The molecule has 0 radical (unpaired) electrons. The van der Waals surface area contributed by atoms with Crippen molar-refractivity contribution < 1.29 is 13.9 Å². The highest BCUT2D eigenvalue weighted by Gasteiger charge is 2.41. The lowest BCUT2D eigenvalue weighted by Gasteiger charge is -2.36. The Bertz CT molecular complexity index is 383. The van der Waals surface area contributed by atoms with E-state index < -0.39 is 5.79 Å². The fourth-order valence-corrected chi connectivity index (χ4v) is 2.43. The van der Waals surface area contributed by atoms with Crippen molar-refractivity contribution in [3.8, 4) is 0 Å². The number of halogens is 1. The number of rotatable bonds is 3. The van der Waals surface area contributed by atoms with Crippen LogP contribution in [0.1, 0.15) is 12.0 Å². The summed E-state index contributed by atoms with van der Waals surface area (Å²) in [6.07, 6.45) is 0.839. The molecule has 1 N–H and O–H groups in total. The number of hydrogen-bond donors (Lipinski definition) is 1. The van der Waals surface area contributed by atoms with Crippen LogP contribution in [0, 0.1) is 11.7 Å². The second kappa shape index (κ2) is 4.37. The molecule has 2 saturated heterocycles. The average Bonchev–Trinajstić information content (AvgIpc) is 2.74. The first-order valence-electron chi connectivity index (χ1n) is 6.03. The maximum absolute atomic E-state index is 12.9. The Kier molecular flexibility index (Phi) is 2.86. The zero-order valence-corrected chi connectivity index (χ0v) is 9.62. The molecule has 2 fully saturated rings. The second-order valence-electron chi connectivity index (χ2n) is 4.69. The molecule has 0 spiro atoms. The van der Waals surface area contributed by atoms with E-state index in [1.165, 1.54) is 12.1 Å². The molecule has 4 heteroatoms. The Morgan fingerprint density at radius 1 is 1.18 bits per heavy atom. The molecule has 3 rings (SSSR count). The van der Waals surface area contributed by atoms with Crippen LogP contribution in [0.4, 0.5) is 4.39 Å². The maximum atomic E-state index is 12.9. The predicted octanol–water partition coefficient (Wildman–Crippen LogP) is 1.63. The Labute approximate surface area is 99.9 Å². The number of hydrogen-bond acceptors (Lipinski definition) is 3. The Morgan fingerprint density at radius 2 is 1.82 bits per heavy atom. The van der Waals surface area contributed by atoms with Crippen molar-refractivity contribution in [2.45, 2.75) is 12.2 Å². The van der Waals surface area contributed by atoms with E-state index in [2.05, 4.69) is 5.32 Å². The van der Waals surface area contributed by atoms with Gasteiger partial charge in [0.25, 0.3) is 0 Å². The third kappa shape index (κ3) is 2.08. The molecule has 0 aliphatic carbocycles. The van der Waals surface area contributed by atoms with Crippen molar-refractivity contribution >= 4 is 0 Å². The minimum absolute atomic E-state index is 0.229. The third-order valence-corrected chi connectivity index (χ3v) is 3.46. The molecule has 92 valence electrons. The molecule has 0 saturated carbocycles. The zero-order chi connectivity index (χ0) is 11.7. The van der Waals surface area contributed by atoms with E-state index in [0.717, 1.165) is 25.1 Å². The van der Waals surface area contributed by atoms with Crippen molar-refractivity contribution in [1.82, 2.24) is 5.32 Å². The summed E-state index contributed by atoms with van der Waals surface area (Å²) < 4.78 is 24.5. The molecule has 0 bridgehead atoms. The molecule has 1 aromatic carbocycles. The summed E-state index contributed by atoms with van der Waals surface area (Å²) in [5.41, 5.74) is 0.920. The van der Waals surface area contributed by atoms with Crippen LogP contribution in [-0.4, -0.2) is 26.3 Å². The molecule has 0 amide bonds. The van der Waals surface area contributed by atoms with Gasteiger partial charge in [-0.2, -0.15) is 0 Å². The van der Waals surface area contributed by atoms with E-state index in [1.807, 2.05) is 0 Å². The van der Waals surface area contributed by atoms with Gasteiger partial charge in [0.2, 0.25) is 0 Å². The summed E-state index contributed by atoms with van der Waals surface area (Å²) in [7, 11) is 0. The summed E-state index contributed by atoms with van der Waals surface area (Å²) in [4.78, 5) is 0. The molecular formula is C13H16FNO2. The normalized spacial score (nSPS) is 23.6. The van der Waals surface area contributed by atoms with Gasteiger partial charge in [0, 0.05) is 12.0 Å².